The fraction of sp³-hybridized carbons (Fsp3) is 0.500. The number of rotatable bonds is 5. The number of ether oxygens (including phenoxy) is 1. The van der Waals surface area contributed by atoms with Crippen LogP contribution < -0.4 is 4.74 Å². The molecule has 2 aliphatic rings. The van der Waals surface area contributed by atoms with Crippen molar-refractivity contribution in [2.75, 3.05) is 26.2 Å². The largest absolute Gasteiger partial charge is 0.492 e. The molecular formula is C22H27FN4O2. The van der Waals surface area contributed by atoms with Crippen molar-refractivity contribution in [1.82, 2.24) is 19.8 Å². The number of carbonyl (C=O) groups is 1. The zero-order valence-electron chi connectivity index (χ0n) is 16.8. The SMILES string of the molecule is CC(=O)N1CCc2nc(C3CCCCN3CCOc3ccc(F)cc3)ncc2C1. The number of halogens is 1. The maximum Gasteiger partial charge on any atom is 0.219 e. The van der Waals surface area contributed by atoms with Crippen molar-refractivity contribution in [1.29, 1.82) is 0 Å². The van der Waals surface area contributed by atoms with Crippen LogP contribution in [0.1, 0.15) is 49.3 Å². The van der Waals surface area contributed by atoms with Gasteiger partial charge in [0.05, 0.1) is 11.7 Å². The molecule has 1 fully saturated rings. The lowest BCUT2D eigenvalue weighted by Crippen LogP contribution is -2.38. The van der Waals surface area contributed by atoms with Crippen molar-refractivity contribution in [2.45, 2.75) is 45.2 Å². The minimum absolute atomic E-state index is 0.0966. The first-order valence-electron chi connectivity index (χ1n) is 10.3. The maximum absolute atomic E-state index is 13.0. The van der Waals surface area contributed by atoms with Crippen LogP contribution in [0.4, 0.5) is 4.39 Å². The van der Waals surface area contributed by atoms with Gasteiger partial charge in [-0.25, -0.2) is 14.4 Å². The Balaban J connectivity index is 1.41. The quantitative estimate of drug-likeness (QED) is 0.775. The van der Waals surface area contributed by atoms with Crippen LogP contribution in [0.15, 0.2) is 30.5 Å². The van der Waals surface area contributed by atoms with Gasteiger partial charge in [-0.1, -0.05) is 6.42 Å². The number of hydrogen-bond acceptors (Lipinski definition) is 5. The van der Waals surface area contributed by atoms with E-state index >= 15 is 0 Å². The van der Waals surface area contributed by atoms with Crippen molar-refractivity contribution < 1.29 is 13.9 Å². The van der Waals surface area contributed by atoms with Crippen molar-refractivity contribution >= 4 is 5.91 Å². The molecule has 0 N–H and O–H groups in total. The molecule has 1 saturated heterocycles. The summed E-state index contributed by atoms with van der Waals surface area (Å²) in [5, 5.41) is 0. The zero-order valence-corrected chi connectivity index (χ0v) is 16.8. The normalized spacial score (nSPS) is 19.7. The van der Waals surface area contributed by atoms with Gasteiger partial charge in [-0.3, -0.25) is 9.69 Å². The van der Waals surface area contributed by atoms with Crippen LogP contribution in [-0.2, 0) is 17.8 Å². The van der Waals surface area contributed by atoms with E-state index in [1.165, 1.54) is 18.6 Å². The molecule has 2 aliphatic heterocycles. The number of benzene rings is 1. The summed E-state index contributed by atoms with van der Waals surface area (Å²) in [5.41, 5.74) is 2.12. The average Bonchev–Trinajstić information content (AvgIpc) is 2.74. The highest BCUT2D eigenvalue weighted by Gasteiger charge is 2.28. The van der Waals surface area contributed by atoms with Crippen molar-refractivity contribution in [3.63, 3.8) is 0 Å². The number of fused-ring (bicyclic) bond motifs is 1. The van der Waals surface area contributed by atoms with E-state index in [-0.39, 0.29) is 17.8 Å². The summed E-state index contributed by atoms with van der Waals surface area (Å²) in [5.74, 6) is 1.39. The summed E-state index contributed by atoms with van der Waals surface area (Å²) in [6, 6.07) is 6.32. The Bertz CT molecular complexity index is 858. The number of amides is 1. The van der Waals surface area contributed by atoms with Crippen LogP contribution in [0.2, 0.25) is 0 Å². The monoisotopic (exact) mass is 398 g/mol. The Hall–Kier alpha value is -2.54. The van der Waals surface area contributed by atoms with E-state index in [4.69, 9.17) is 9.72 Å². The van der Waals surface area contributed by atoms with Crippen LogP contribution in [-0.4, -0.2) is 51.9 Å². The molecule has 29 heavy (non-hydrogen) atoms. The molecule has 1 aromatic carbocycles. The third kappa shape index (κ3) is 4.72. The van der Waals surface area contributed by atoms with Gasteiger partial charge in [0.2, 0.25) is 5.91 Å². The van der Waals surface area contributed by atoms with Gasteiger partial charge in [0.1, 0.15) is 24.0 Å². The van der Waals surface area contributed by atoms with E-state index < -0.39 is 0 Å². The first kappa shape index (κ1) is 19.8. The molecule has 154 valence electrons. The Labute approximate surface area is 170 Å². The van der Waals surface area contributed by atoms with Gasteiger partial charge >= 0.3 is 0 Å². The first-order chi connectivity index (χ1) is 14.1. The second-order valence-corrected chi connectivity index (χ2v) is 7.74. The fourth-order valence-corrected chi connectivity index (χ4v) is 4.12. The van der Waals surface area contributed by atoms with Gasteiger partial charge in [-0.2, -0.15) is 0 Å². The van der Waals surface area contributed by atoms with E-state index in [0.29, 0.717) is 18.9 Å². The lowest BCUT2D eigenvalue weighted by molar-refractivity contribution is -0.129. The minimum Gasteiger partial charge on any atom is -0.492 e. The van der Waals surface area contributed by atoms with Crippen LogP contribution in [0, 0.1) is 5.82 Å². The van der Waals surface area contributed by atoms with Crippen LogP contribution in [0.5, 0.6) is 5.75 Å². The molecule has 3 heterocycles. The summed E-state index contributed by atoms with van der Waals surface area (Å²) in [6.45, 7) is 5.24. The second kappa shape index (κ2) is 8.86. The van der Waals surface area contributed by atoms with Crippen molar-refractivity contribution in [3.05, 3.63) is 53.4 Å². The molecule has 1 aromatic heterocycles. The average molecular weight is 398 g/mol. The van der Waals surface area contributed by atoms with Gasteiger partial charge in [-0.15, -0.1) is 0 Å². The number of nitrogens with zero attached hydrogens (tertiary/aromatic N) is 4. The highest BCUT2D eigenvalue weighted by molar-refractivity contribution is 5.73. The smallest absolute Gasteiger partial charge is 0.219 e. The van der Waals surface area contributed by atoms with E-state index in [1.807, 2.05) is 11.1 Å². The topological polar surface area (TPSA) is 58.6 Å². The maximum atomic E-state index is 13.0. The Kier molecular flexibility index (Phi) is 6.04. The molecule has 0 saturated carbocycles. The predicted octanol–water partition coefficient (Wildman–Crippen LogP) is 3.13. The van der Waals surface area contributed by atoms with E-state index in [1.54, 1.807) is 19.1 Å². The third-order valence-electron chi connectivity index (χ3n) is 5.77. The van der Waals surface area contributed by atoms with Crippen molar-refractivity contribution in [2.24, 2.45) is 0 Å². The Morgan fingerprint density at radius 1 is 1.24 bits per heavy atom. The number of aromatic nitrogens is 2. The molecular weight excluding hydrogens is 371 g/mol. The molecule has 4 rings (SSSR count). The number of hydrogen-bond donors (Lipinski definition) is 0. The summed E-state index contributed by atoms with van der Waals surface area (Å²) in [4.78, 5) is 25.4. The van der Waals surface area contributed by atoms with Gasteiger partial charge in [0.15, 0.2) is 0 Å². The van der Waals surface area contributed by atoms with E-state index in [2.05, 4.69) is 9.88 Å². The van der Waals surface area contributed by atoms with Gasteiger partial charge < -0.3 is 9.64 Å². The Morgan fingerprint density at radius 3 is 2.86 bits per heavy atom. The lowest BCUT2D eigenvalue weighted by Gasteiger charge is -2.35. The van der Waals surface area contributed by atoms with Gasteiger partial charge in [-0.05, 0) is 43.7 Å². The van der Waals surface area contributed by atoms with E-state index in [0.717, 1.165) is 56.0 Å². The van der Waals surface area contributed by atoms with Crippen LogP contribution >= 0.6 is 0 Å². The molecule has 7 heteroatoms. The molecule has 0 aliphatic carbocycles. The summed E-state index contributed by atoms with van der Waals surface area (Å²) >= 11 is 0. The predicted molar refractivity (Wildman–Crippen MR) is 107 cm³/mol. The number of likely N-dealkylation sites (tertiary alicyclic amines) is 1. The Morgan fingerprint density at radius 2 is 2.07 bits per heavy atom. The number of piperidine rings is 1. The summed E-state index contributed by atoms with van der Waals surface area (Å²) in [7, 11) is 0. The molecule has 0 radical (unpaired) electrons. The molecule has 2 aromatic rings. The van der Waals surface area contributed by atoms with Gasteiger partial charge in [0.25, 0.3) is 0 Å². The highest BCUT2D eigenvalue weighted by Crippen LogP contribution is 2.29. The zero-order chi connectivity index (χ0) is 20.2. The van der Waals surface area contributed by atoms with E-state index in [9.17, 15) is 9.18 Å². The summed E-state index contributed by atoms with van der Waals surface area (Å²) in [6.07, 6.45) is 6.04. The lowest BCUT2D eigenvalue weighted by atomic mass is 10.0. The first-order valence-corrected chi connectivity index (χ1v) is 10.3. The highest BCUT2D eigenvalue weighted by atomic mass is 19.1. The molecule has 0 spiro atoms. The van der Waals surface area contributed by atoms with Crippen LogP contribution in [0.25, 0.3) is 0 Å². The number of carbonyl (C=O) groups excluding carboxylic acids is 1. The van der Waals surface area contributed by atoms with Crippen LogP contribution in [0.3, 0.4) is 0 Å². The molecule has 1 unspecified atom stereocenters. The van der Waals surface area contributed by atoms with Gasteiger partial charge in [0, 0.05) is 44.7 Å². The second-order valence-electron chi connectivity index (χ2n) is 7.74. The molecule has 1 amide bonds. The standard InChI is InChI=1S/C22H27FN4O2/c1-16(28)27-11-9-20-17(15-27)14-24-22(25-20)21-4-2-3-10-26(21)12-13-29-19-7-5-18(23)6-8-19/h5-8,14,21H,2-4,9-13,15H2,1H3. The fourth-order valence-electron chi connectivity index (χ4n) is 4.12. The molecule has 0 bridgehead atoms. The van der Waals surface area contributed by atoms with Crippen molar-refractivity contribution in [3.8, 4) is 5.75 Å². The minimum atomic E-state index is -0.260. The third-order valence-corrected chi connectivity index (χ3v) is 5.77. The molecule has 6 nitrogen and oxygen atoms in total. The summed E-state index contributed by atoms with van der Waals surface area (Å²) < 4.78 is 18.8. The molecule has 1 atom stereocenters.